The van der Waals surface area contributed by atoms with E-state index in [0.29, 0.717) is 24.4 Å². The Balaban J connectivity index is 1.74. The number of hydrogen-bond donors (Lipinski definition) is 1. The van der Waals surface area contributed by atoms with Gasteiger partial charge in [-0.1, -0.05) is 36.6 Å². The van der Waals surface area contributed by atoms with Crippen molar-refractivity contribution in [1.29, 1.82) is 0 Å². The van der Waals surface area contributed by atoms with Crippen LogP contribution in [0.2, 0.25) is 5.02 Å². The molecule has 4 nitrogen and oxygen atoms in total. The van der Waals surface area contributed by atoms with Gasteiger partial charge >= 0.3 is 0 Å². The Bertz CT molecular complexity index is 596. The van der Waals surface area contributed by atoms with Gasteiger partial charge in [-0.25, -0.2) is 0 Å². The summed E-state index contributed by atoms with van der Waals surface area (Å²) in [5, 5.41) is 3.82. The van der Waals surface area contributed by atoms with Crippen LogP contribution >= 0.6 is 11.6 Å². The van der Waals surface area contributed by atoms with Crippen LogP contribution in [0.1, 0.15) is 51.0 Å². The van der Waals surface area contributed by atoms with Crippen LogP contribution in [0.3, 0.4) is 0 Å². The summed E-state index contributed by atoms with van der Waals surface area (Å²) in [6, 6.07) is 7.71. The molecule has 0 unspecified atom stereocenters. The SMILES string of the molecule is C[C@]1(C(=O)NC2CCCC2)CCC(=O)N1Cc1ccc(Cl)cc1. The van der Waals surface area contributed by atoms with Crippen LogP contribution in [-0.4, -0.2) is 28.3 Å². The predicted octanol–water partition coefficient (Wildman–Crippen LogP) is 3.28. The maximum atomic E-state index is 12.8. The predicted molar refractivity (Wildman–Crippen MR) is 90.0 cm³/mol. The number of halogens is 1. The fourth-order valence-electron chi connectivity index (χ4n) is 3.58. The van der Waals surface area contributed by atoms with Crippen LogP contribution in [-0.2, 0) is 16.1 Å². The topological polar surface area (TPSA) is 49.4 Å². The number of likely N-dealkylation sites (tertiary alicyclic amines) is 1. The molecule has 2 amide bonds. The average Bonchev–Trinajstić information content (AvgIpc) is 3.13. The minimum absolute atomic E-state index is 0.00999. The Labute approximate surface area is 142 Å². The molecule has 1 aliphatic heterocycles. The van der Waals surface area contributed by atoms with Crippen molar-refractivity contribution in [2.24, 2.45) is 0 Å². The number of carbonyl (C=O) groups excluding carboxylic acids is 2. The maximum absolute atomic E-state index is 12.8. The summed E-state index contributed by atoms with van der Waals surface area (Å²) in [4.78, 5) is 26.8. The number of carbonyl (C=O) groups is 2. The first kappa shape index (κ1) is 16.3. The van der Waals surface area contributed by atoms with Gasteiger partial charge in [-0.3, -0.25) is 9.59 Å². The lowest BCUT2D eigenvalue weighted by molar-refractivity contribution is -0.141. The average molecular weight is 335 g/mol. The van der Waals surface area contributed by atoms with E-state index in [9.17, 15) is 9.59 Å². The van der Waals surface area contributed by atoms with Crippen molar-refractivity contribution in [3.63, 3.8) is 0 Å². The smallest absolute Gasteiger partial charge is 0.245 e. The van der Waals surface area contributed by atoms with Crippen LogP contribution in [0.4, 0.5) is 0 Å². The van der Waals surface area contributed by atoms with Gasteiger partial charge in [0, 0.05) is 24.0 Å². The zero-order chi connectivity index (χ0) is 16.4. The Kier molecular flexibility index (Phi) is 4.62. The highest BCUT2D eigenvalue weighted by atomic mass is 35.5. The molecule has 2 aliphatic rings. The monoisotopic (exact) mass is 334 g/mol. The minimum Gasteiger partial charge on any atom is -0.351 e. The molecule has 0 aromatic heterocycles. The second-order valence-electron chi connectivity index (χ2n) is 6.84. The molecule has 1 aliphatic carbocycles. The Morgan fingerprint density at radius 1 is 1.30 bits per heavy atom. The van der Waals surface area contributed by atoms with Crippen LogP contribution in [0.15, 0.2) is 24.3 Å². The van der Waals surface area contributed by atoms with Crippen molar-refractivity contribution in [1.82, 2.24) is 10.2 Å². The largest absolute Gasteiger partial charge is 0.351 e. The van der Waals surface area contributed by atoms with E-state index in [1.807, 2.05) is 31.2 Å². The molecule has 5 heteroatoms. The van der Waals surface area contributed by atoms with Crippen LogP contribution < -0.4 is 5.32 Å². The summed E-state index contributed by atoms with van der Waals surface area (Å²) in [5.41, 5.74) is 0.240. The zero-order valence-electron chi connectivity index (χ0n) is 13.5. The second-order valence-corrected chi connectivity index (χ2v) is 7.27. The molecular weight excluding hydrogens is 312 g/mol. The number of nitrogens with one attached hydrogen (secondary N) is 1. The molecule has 1 heterocycles. The first-order chi connectivity index (χ1) is 11.0. The highest BCUT2D eigenvalue weighted by Crippen LogP contribution is 2.33. The van der Waals surface area contributed by atoms with E-state index in [1.54, 1.807) is 4.90 Å². The number of benzene rings is 1. The van der Waals surface area contributed by atoms with E-state index >= 15 is 0 Å². The Morgan fingerprint density at radius 3 is 2.61 bits per heavy atom. The van der Waals surface area contributed by atoms with E-state index in [4.69, 9.17) is 11.6 Å². The maximum Gasteiger partial charge on any atom is 0.245 e. The summed E-state index contributed by atoms with van der Waals surface area (Å²) >= 11 is 5.91. The van der Waals surface area contributed by atoms with Gasteiger partial charge < -0.3 is 10.2 Å². The molecule has 2 fully saturated rings. The lowest BCUT2D eigenvalue weighted by Crippen LogP contribution is -2.55. The lowest BCUT2D eigenvalue weighted by atomic mass is 9.96. The number of nitrogens with zero attached hydrogens (tertiary/aromatic N) is 1. The molecule has 23 heavy (non-hydrogen) atoms. The highest BCUT2D eigenvalue weighted by Gasteiger charge is 2.47. The normalized spacial score (nSPS) is 25.1. The second kappa shape index (κ2) is 6.52. The van der Waals surface area contributed by atoms with Gasteiger partial charge in [-0.15, -0.1) is 0 Å². The van der Waals surface area contributed by atoms with Gasteiger partial charge in [-0.2, -0.15) is 0 Å². The van der Waals surface area contributed by atoms with Crippen molar-refractivity contribution < 1.29 is 9.59 Å². The first-order valence-electron chi connectivity index (χ1n) is 8.35. The van der Waals surface area contributed by atoms with Gasteiger partial charge in [0.2, 0.25) is 11.8 Å². The standard InChI is InChI=1S/C18H23ClN2O2/c1-18(17(23)20-15-4-2-3-5-15)11-10-16(22)21(18)12-13-6-8-14(19)9-7-13/h6-9,15H,2-5,10-12H2,1H3,(H,20,23)/t18-/m1/s1. The van der Waals surface area contributed by atoms with E-state index < -0.39 is 5.54 Å². The third-order valence-electron chi connectivity index (χ3n) is 5.16. The minimum atomic E-state index is -0.751. The quantitative estimate of drug-likeness (QED) is 0.918. The molecule has 0 radical (unpaired) electrons. The summed E-state index contributed by atoms with van der Waals surface area (Å²) < 4.78 is 0. The van der Waals surface area contributed by atoms with Crippen molar-refractivity contribution >= 4 is 23.4 Å². The molecule has 1 saturated heterocycles. The van der Waals surface area contributed by atoms with Gasteiger partial charge in [0.05, 0.1) is 0 Å². The Morgan fingerprint density at radius 2 is 1.96 bits per heavy atom. The number of hydrogen-bond acceptors (Lipinski definition) is 2. The molecule has 3 rings (SSSR count). The first-order valence-corrected chi connectivity index (χ1v) is 8.73. The Hall–Kier alpha value is -1.55. The van der Waals surface area contributed by atoms with Crippen molar-refractivity contribution in [2.75, 3.05) is 0 Å². The van der Waals surface area contributed by atoms with Crippen LogP contribution in [0.5, 0.6) is 0 Å². The molecule has 1 N–H and O–H groups in total. The van der Waals surface area contributed by atoms with Gasteiger partial charge in [0.15, 0.2) is 0 Å². The molecule has 124 valence electrons. The number of amides is 2. The van der Waals surface area contributed by atoms with Crippen LogP contribution in [0, 0.1) is 0 Å². The summed E-state index contributed by atoms with van der Waals surface area (Å²) in [5.74, 6) is 0.0354. The molecular formula is C18H23ClN2O2. The van der Waals surface area contributed by atoms with Gasteiger partial charge in [0.1, 0.15) is 5.54 Å². The molecule has 1 aromatic carbocycles. The molecule has 1 saturated carbocycles. The van der Waals surface area contributed by atoms with Gasteiger partial charge in [-0.05, 0) is 43.9 Å². The van der Waals surface area contributed by atoms with Crippen molar-refractivity contribution in [2.45, 2.75) is 63.6 Å². The van der Waals surface area contributed by atoms with E-state index in [-0.39, 0.29) is 17.9 Å². The van der Waals surface area contributed by atoms with Crippen molar-refractivity contribution in [3.8, 4) is 0 Å². The molecule has 0 bridgehead atoms. The highest BCUT2D eigenvalue weighted by molar-refractivity contribution is 6.30. The lowest BCUT2D eigenvalue weighted by Gasteiger charge is -2.35. The summed E-state index contributed by atoms with van der Waals surface area (Å²) in [6.07, 6.45) is 5.46. The zero-order valence-corrected chi connectivity index (χ0v) is 14.2. The third-order valence-corrected chi connectivity index (χ3v) is 5.41. The summed E-state index contributed by atoms with van der Waals surface area (Å²) in [6.45, 7) is 2.34. The summed E-state index contributed by atoms with van der Waals surface area (Å²) in [7, 11) is 0. The fourth-order valence-corrected chi connectivity index (χ4v) is 3.70. The van der Waals surface area contributed by atoms with Gasteiger partial charge in [0.25, 0.3) is 0 Å². The fraction of sp³-hybridized carbons (Fsp3) is 0.556. The van der Waals surface area contributed by atoms with E-state index in [0.717, 1.165) is 18.4 Å². The number of rotatable bonds is 4. The van der Waals surface area contributed by atoms with E-state index in [2.05, 4.69) is 5.32 Å². The van der Waals surface area contributed by atoms with Crippen molar-refractivity contribution in [3.05, 3.63) is 34.9 Å². The van der Waals surface area contributed by atoms with E-state index in [1.165, 1.54) is 12.8 Å². The third kappa shape index (κ3) is 3.37. The molecule has 1 atom stereocenters. The van der Waals surface area contributed by atoms with Crippen LogP contribution in [0.25, 0.3) is 0 Å². The molecule has 1 aromatic rings. The molecule has 0 spiro atoms.